The number of anilines is 2. The monoisotopic (exact) mass is 732 g/mol. The number of nitrogen functional groups attached to an aromatic ring is 1. The van der Waals surface area contributed by atoms with Crippen LogP contribution in [0.15, 0.2) is 68.4 Å². The molecule has 0 unspecified atom stereocenters. The number of benzene rings is 2. The van der Waals surface area contributed by atoms with Gasteiger partial charge in [0, 0.05) is 51.7 Å². The van der Waals surface area contributed by atoms with Crippen LogP contribution in [0.5, 0.6) is 0 Å². The average Bonchev–Trinajstić information content (AvgIpc) is 3.85. The van der Waals surface area contributed by atoms with E-state index in [4.69, 9.17) is 14.6 Å². The molecule has 0 aliphatic heterocycles. The molecule has 0 amide bonds. The first-order chi connectivity index (χ1) is 21.6. The van der Waals surface area contributed by atoms with E-state index >= 15 is 0 Å². The summed E-state index contributed by atoms with van der Waals surface area (Å²) >= 11 is 5.97. The number of hydrogen-bond acceptors (Lipinski definition) is 12. The fourth-order valence-corrected chi connectivity index (χ4v) is 4.57. The molecule has 0 saturated heterocycles. The Morgan fingerprint density at radius 2 is 1.29 bits per heavy atom. The molecule has 0 bridgehead atoms. The van der Waals surface area contributed by atoms with Crippen LogP contribution in [0, 0.1) is 11.6 Å². The third-order valence-corrected chi connectivity index (χ3v) is 7.25. The van der Waals surface area contributed by atoms with E-state index in [0.29, 0.717) is 26.7 Å². The van der Waals surface area contributed by atoms with E-state index in [0.717, 1.165) is 0 Å². The van der Waals surface area contributed by atoms with Crippen LogP contribution in [-0.4, -0.2) is 30.4 Å². The lowest BCUT2D eigenvalue weighted by Gasteiger charge is -2.05. The zero-order valence-electron chi connectivity index (χ0n) is 22.4. The van der Waals surface area contributed by atoms with Gasteiger partial charge in [0.05, 0.1) is 0 Å². The van der Waals surface area contributed by atoms with E-state index < -0.39 is 36.3 Å². The van der Waals surface area contributed by atoms with Gasteiger partial charge < -0.3 is 19.9 Å². The van der Waals surface area contributed by atoms with Crippen LogP contribution in [0.25, 0.3) is 22.9 Å². The molecule has 6 rings (SSSR count). The molecule has 0 spiro atoms. The highest BCUT2D eigenvalue weighted by molar-refractivity contribution is 9.08. The lowest BCUT2D eigenvalue weighted by atomic mass is 10.1. The number of halogens is 7. The van der Waals surface area contributed by atoms with Crippen molar-refractivity contribution in [2.45, 2.75) is 24.7 Å². The van der Waals surface area contributed by atoms with E-state index in [1.165, 1.54) is 59.1 Å². The smallest absolute Gasteiger partial charge is 0.314 e. The molecule has 0 aliphatic rings. The number of rotatable bonds is 8. The summed E-state index contributed by atoms with van der Waals surface area (Å²) in [5.74, 6) is -2.79. The Kier molecular flexibility index (Phi) is 12.0. The van der Waals surface area contributed by atoms with Crippen molar-refractivity contribution < 1.29 is 35.2 Å². The molecular formula is C26H19BrF6N8O2S2. The van der Waals surface area contributed by atoms with Gasteiger partial charge in [-0.05, 0) is 29.8 Å². The van der Waals surface area contributed by atoms with Gasteiger partial charge >= 0.3 is 12.9 Å². The predicted octanol–water partition coefficient (Wildman–Crippen LogP) is 8.32. The van der Waals surface area contributed by atoms with E-state index in [1.807, 2.05) is 5.38 Å². The summed E-state index contributed by atoms with van der Waals surface area (Å²) in [6.45, 7) is 0.256. The van der Waals surface area contributed by atoms with Gasteiger partial charge in [0.1, 0.15) is 11.6 Å². The Bertz CT molecular complexity index is 1770. The fraction of sp³-hybridized carbons (Fsp3) is 0.154. The maximum atomic E-state index is 14.0. The molecule has 19 heteroatoms. The number of nitrogens with one attached hydrogen (secondary N) is 1. The van der Waals surface area contributed by atoms with E-state index in [1.54, 1.807) is 17.8 Å². The molecule has 6 aromatic rings. The van der Waals surface area contributed by atoms with Crippen molar-refractivity contribution in [3.8, 4) is 22.9 Å². The van der Waals surface area contributed by atoms with Gasteiger partial charge in [-0.3, -0.25) is 0 Å². The summed E-state index contributed by atoms with van der Waals surface area (Å²) < 4.78 is 86.2. The molecule has 45 heavy (non-hydrogen) atoms. The number of thiazole rings is 2. The van der Waals surface area contributed by atoms with Crippen LogP contribution in [0.3, 0.4) is 0 Å². The molecule has 0 atom stereocenters. The summed E-state index contributed by atoms with van der Waals surface area (Å²) in [6, 6.07) is 8.44. The topological polar surface area (TPSA) is 142 Å². The Hall–Kier alpha value is -4.36. The van der Waals surface area contributed by atoms with Crippen LogP contribution in [-0.2, 0) is 11.9 Å². The predicted molar refractivity (Wildman–Crippen MR) is 158 cm³/mol. The van der Waals surface area contributed by atoms with Crippen molar-refractivity contribution in [2.24, 2.45) is 0 Å². The molecule has 0 saturated carbocycles. The third kappa shape index (κ3) is 9.56. The Morgan fingerprint density at radius 3 is 1.67 bits per heavy atom. The number of nitrogens with zero attached hydrogens (tertiary/aromatic N) is 6. The van der Waals surface area contributed by atoms with Crippen molar-refractivity contribution in [1.29, 1.82) is 0 Å². The molecule has 3 N–H and O–H groups in total. The Balaban J connectivity index is 0.000000177. The number of alkyl halides is 5. The van der Waals surface area contributed by atoms with Gasteiger partial charge in [-0.15, -0.1) is 43.1 Å². The highest BCUT2D eigenvalue weighted by Crippen LogP contribution is 2.26. The number of nitrogens with two attached hydrogens (primary N) is 1. The second-order valence-corrected chi connectivity index (χ2v) is 10.7. The van der Waals surface area contributed by atoms with E-state index in [9.17, 15) is 26.3 Å². The molecule has 4 aromatic heterocycles. The van der Waals surface area contributed by atoms with E-state index in [2.05, 4.69) is 51.6 Å². The second kappa shape index (κ2) is 16.1. The average molecular weight is 734 g/mol. The highest BCUT2D eigenvalue weighted by Gasteiger charge is 2.19. The van der Waals surface area contributed by atoms with E-state index in [-0.39, 0.29) is 29.5 Å². The summed E-state index contributed by atoms with van der Waals surface area (Å²) in [4.78, 5) is 7.74. The maximum Gasteiger partial charge on any atom is 0.314 e. The summed E-state index contributed by atoms with van der Waals surface area (Å²) in [7, 11) is 0. The molecule has 0 aliphatic carbocycles. The normalized spacial score (nSPS) is 10.8. The molecule has 0 fully saturated rings. The molecular weight excluding hydrogens is 714 g/mol. The largest absolute Gasteiger partial charge is 0.415 e. The molecule has 0 radical (unpaired) electrons. The lowest BCUT2D eigenvalue weighted by molar-refractivity contribution is 0.115. The molecule has 4 heterocycles. The van der Waals surface area contributed by atoms with Gasteiger partial charge in [0.25, 0.3) is 11.8 Å². The van der Waals surface area contributed by atoms with Gasteiger partial charge in [-0.25, -0.2) is 18.7 Å². The van der Waals surface area contributed by atoms with Crippen molar-refractivity contribution in [3.05, 3.63) is 94.1 Å². The lowest BCUT2D eigenvalue weighted by Crippen LogP contribution is -2.01. The van der Waals surface area contributed by atoms with Gasteiger partial charge in [-0.1, -0.05) is 28.1 Å². The van der Waals surface area contributed by atoms with Crippen LogP contribution in [0.1, 0.15) is 35.8 Å². The molecule has 10 nitrogen and oxygen atoms in total. The Morgan fingerprint density at radius 1 is 0.756 bits per heavy atom. The standard InChI is InChI=1S/C13H9F3N4OS.C10H6BrF3N2O.C3H4N2S/c14-9-5-7(11-19-20-12(21-11)10(15)16)1-2-8(9)6-18-13-17-3-4-22-13;11-4-6-2-1-5(3-7(6)12)9-15-16-10(17-9)8(13)14;4-3-5-1-2-6-3/h1-5,10H,6H2,(H,17,18);1-3,8H,4H2;1-2H,(H2,4,5). The first-order valence-electron chi connectivity index (χ1n) is 12.3. The van der Waals surface area contributed by atoms with Crippen molar-refractivity contribution in [1.82, 2.24) is 30.4 Å². The highest BCUT2D eigenvalue weighted by atomic mass is 79.9. The fourth-order valence-electron chi connectivity index (χ4n) is 3.21. The summed E-state index contributed by atoms with van der Waals surface area (Å²) in [6.07, 6.45) is -2.36. The minimum absolute atomic E-state index is 0.125. The zero-order chi connectivity index (χ0) is 32.3. The van der Waals surface area contributed by atoms with Gasteiger partial charge in [0.15, 0.2) is 10.3 Å². The molecule has 236 valence electrons. The molecule has 2 aromatic carbocycles. The van der Waals surface area contributed by atoms with Crippen LogP contribution in [0.4, 0.5) is 36.6 Å². The van der Waals surface area contributed by atoms with Gasteiger partial charge in [-0.2, -0.15) is 17.6 Å². The zero-order valence-corrected chi connectivity index (χ0v) is 25.6. The number of hydrogen-bond donors (Lipinski definition) is 2. The maximum absolute atomic E-state index is 14.0. The second-order valence-electron chi connectivity index (χ2n) is 8.30. The number of aromatic nitrogens is 6. The SMILES string of the molecule is Fc1cc(-c2nnc(C(F)F)o2)ccc1CBr.Fc1cc(-c2nnc(C(F)F)o2)ccc1CNc1nccs1.Nc1nccs1. The van der Waals surface area contributed by atoms with Crippen LogP contribution in [0.2, 0.25) is 0 Å². The Labute approximate surface area is 266 Å². The van der Waals surface area contributed by atoms with Crippen LogP contribution >= 0.6 is 38.6 Å². The van der Waals surface area contributed by atoms with Crippen molar-refractivity contribution >= 4 is 48.9 Å². The first-order valence-corrected chi connectivity index (χ1v) is 15.2. The first kappa shape index (κ1) is 33.5. The van der Waals surface area contributed by atoms with Crippen LogP contribution < -0.4 is 11.1 Å². The van der Waals surface area contributed by atoms with Crippen molar-refractivity contribution in [3.63, 3.8) is 0 Å². The minimum Gasteiger partial charge on any atom is -0.415 e. The quantitative estimate of drug-likeness (QED) is 0.116. The third-order valence-electron chi connectivity index (χ3n) is 5.31. The summed E-state index contributed by atoms with van der Waals surface area (Å²) in [5, 5.41) is 21.6. The van der Waals surface area contributed by atoms with Gasteiger partial charge in [0.2, 0.25) is 11.8 Å². The summed E-state index contributed by atoms with van der Waals surface area (Å²) in [5.41, 5.74) is 6.57. The van der Waals surface area contributed by atoms with Crippen molar-refractivity contribution in [2.75, 3.05) is 11.1 Å². The minimum atomic E-state index is -2.85.